The number of amides is 2. The van der Waals surface area contributed by atoms with Gasteiger partial charge in [0.25, 0.3) is 0 Å². The number of benzene rings is 1. The van der Waals surface area contributed by atoms with Crippen LogP contribution in [0.25, 0.3) is 0 Å². The summed E-state index contributed by atoms with van der Waals surface area (Å²) < 4.78 is 0. The second-order valence-electron chi connectivity index (χ2n) is 2.75. The molecule has 14 heavy (non-hydrogen) atoms. The van der Waals surface area contributed by atoms with Gasteiger partial charge in [0.15, 0.2) is 0 Å². The van der Waals surface area contributed by atoms with Crippen LogP contribution in [0.2, 0.25) is 0 Å². The van der Waals surface area contributed by atoms with Crippen LogP contribution in [0.15, 0.2) is 18.2 Å². The molecule has 0 bridgehead atoms. The zero-order chi connectivity index (χ0) is 10.6. The fourth-order valence-electron chi connectivity index (χ4n) is 1.02. The Morgan fingerprint density at radius 3 is 2.86 bits per heavy atom. The zero-order valence-corrected chi connectivity index (χ0v) is 7.87. The van der Waals surface area contributed by atoms with Crippen LogP contribution < -0.4 is 16.4 Å². The molecule has 0 saturated carbocycles. The Kier molecular flexibility index (Phi) is 3.30. The largest absolute Gasteiger partial charge is 0.508 e. The number of carbonyl (C=O) groups is 1. The van der Waals surface area contributed by atoms with Crippen LogP contribution in [0.5, 0.6) is 5.75 Å². The maximum atomic E-state index is 10.9. The van der Waals surface area contributed by atoms with Gasteiger partial charge >= 0.3 is 6.03 Å². The highest BCUT2D eigenvalue weighted by Gasteiger charge is 2.02. The first-order chi connectivity index (χ1) is 6.67. The van der Waals surface area contributed by atoms with Crippen LogP contribution in [-0.4, -0.2) is 18.2 Å². The lowest BCUT2D eigenvalue weighted by atomic mass is 10.2. The number of nitrogens with two attached hydrogens (primary N) is 1. The summed E-state index contributed by atoms with van der Waals surface area (Å²) in [4.78, 5) is 10.9. The molecular weight excluding hydrogens is 182 g/mol. The Hall–Kier alpha value is -1.75. The highest BCUT2D eigenvalue weighted by molar-refractivity contribution is 5.89. The summed E-state index contributed by atoms with van der Waals surface area (Å²) in [6.07, 6.45) is 0. The molecule has 0 aromatic heterocycles. The molecule has 0 unspecified atom stereocenters. The molecule has 0 heterocycles. The van der Waals surface area contributed by atoms with Crippen molar-refractivity contribution in [2.45, 2.75) is 6.54 Å². The molecule has 1 aromatic carbocycles. The first-order valence-corrected chi connectivity index (χ1v) is 4.18. The van der Waals surface area contributed by atoms with E-state index < -0.39 is 0 Å². The Morgan fingerprint density at radius 2 is 2.29 bits per heavy atom. The molecule has 1 aromatic rings. The number of nitrogens with one attached hydrogen (secondary N) is 2. The molecule has 2 amide bonds. The lowest BCUT2D eigenvalue weighted by Gasteiger charge is -2.07. The lowest BCUT2D eigenvalue weighted by molar-refractivity contribution is 0.254. The number of hydrogen-bond acceptors (Lipinski definition) is 3. The molecule has 0 atom stereocenters. The molecule has 0 spiro atoms. The molecule has 0 radical (unpaired) electrons. The van der Waals surface area contributed by atoms with Crippen molar-refractivity contribution in [3.05, 3.63) is 23.8 Å². The number of phenolic OH excluding ortho intramolecular Hbond substituents is 1. The van der Waals surface area contributed by atoms with Crippen LogP contribution in [-0.2, 0) is 6.54 Å². The molecule has 5 nitrogen and oxygen atoms in total. The Balaban J connectivity index is 2.84. The summed E-state index contributed by atoms with van der Waals surface area (Å²) in [5.74, 6) is 0.134. The van der Waals surface area contributed by atoms with Gasteiger partial charge in [0.05, 0.1) is 0 Å². The van der Waals surface area contributed by atoms with E-state index in [2.05, 4.69) is 10.6 Å². The molecule has 0 aliphatic carbocycles. The van der Waals surface area contributed by atoms with Gasteiger partial charge in [0.2, 0.25) is 0 Å². The molecule has 0 aliphatic heterocycles. The summed E-state index contributed by atoms with van der Waals surface area (Å²) in [6.45, 7) is 0.231. The third-order valence-electron chi connectivity index (χ3n) is 1.78. The van der Waals surface area contributed by atoms with Crippen molar-refractivity contribution >= 4 is 11.7 Å². The second kappa shape index (κ2) is 4.48. The van der Waals surface area contributed by atoms with Gasteiger partial charge in [-0.15, -0.1) is 0 Å². The summed E-state index contributed by atoms with van der Waals surface area (Å²) >= 11 is 0. The third-order valence-corrected chi connectivity index (χ3v) is 1.78. The highest BCUT2D eigenvalue weighted by Crippen LogP contribution is 2.20. The molecule has 5 heteroatoms. The smallest absolute Gasteiger partial charge is 0.318 e. The molecule has 0 saturated heterocycles. The fraction of sp³-hybridized carbons (Fsp3) is 0.222. The SMILES string of the molecule is CNC(=O)Nc1ccc(O)c(CN)c1. The number of carbonyl (C=O) groups excluding carboxylic acids is 1. The Morgan fingerprint density at radius 1 is 1.57 bits per heavy atom. The van der Waals surface area contributed by atoms with Gasteiger partial charge in [0, 0.05) is 24.8 Å². The van der Waals surface area contributed by atoms with Crippen molar-refractivity contribution in [3.8, 4) is 5.75 Å². The number of hydrogen-bond donors (Lipinski definition) is 4. The minimum absolute atomic E-state index is 0.134. The summed E-state index contributed by atoms with van der Waals surface area (Å²) in [7, 11) is 1.53. The summed E-state index contributed by atoms with van der Waals surface area (Å²) in [6, 6.07) is 4.42. The van der Waals surface area contributed by atoms with Crippen molar-refractivity contribution in [3.63, 3.8) is 0 Å². The average Bonchev–Trinajstić information content (AvgIpc) is 2.20. The van der Waals surface area contributed by atoms with E-state index in [9.17, 15) is 9.90 Å². The van der Waals surface area contributed by atoms with Gasteiger partial charge in [-0.25, -0.2) is 4.79 Å². The van der Waals surface area contributed by atoms with Crippen molar-refractivity contribution in [2.24, 2.45) is 5.73 Å². The van der Waals surface area contributed by atoms with Gasteiger partial charge in [0.1, 0.15) is 5.75 Å². The van der Waals surface area contributed by atoms with Gasteiger partial charge in [-0.05, 0) is 18.2 Å². The molecule has 0 fully saturated rings. The number of phenols is 1. The van der Waals surface area contributed by atoms with E-state index in [1.807, 2.05) is 0 Å². The van der Waals surface area contributed by atoms with Crippen LogP contribution in [0, 0.1) is 0 Å². The molecular formula is C9H13N3O2. The third kappa shape index (κ3) is 2.37. The van der Waals surface area contributed by atoms with Crippen molar-refractivity contribution < 1.29 is 9.90 Å². The standard InChI is InChI=1S/C9H13N3O2/c1-11-9(14)12-7-2-3-8(13)6(4-7)5-10/h2-4,13H,5,10H2,1H3,(H2,11,12,14). The van der Waals surface area contributed by atoms with Crippen LogP contribution in [0.4, 0.5) is 10.5 Å². The zero-order valence-electron chi connectivity index (χ0n) is 7.87. The lowest BCUT2D eigenvalue weighted by Crippen LogP contribution is -2.24. The van der Waals surface area contributed by atoms with E-state index >= 15 is 0 Å². The van der Waals surface area contributed by atoms with Crippen molar-refractivity contribution in [1.82, 2.24) is 5.32 Å². The van der Waals surface area contributed by atoms with Crippen LogP contribution in [0.3, 0.4) is 0 Å². The topological polar surface area (TPSA) is 87.4 Å². The molecule has 1 rings (SSSR count). The maximum absolute atomic E-state index is 10.9. The predicted molar refractivity (Wildman–Crippen MR) is 54.1 cm³/mol. The van der Waals surface area contributed by atoms with Crippen molar-refractivity contribution in [1.29, 1.82) is 0 Å². The first-order valence-electron chi connectivity index (χ1n) is 4.18. The summed E-state index contributed by atoms with van der Waals surface area (Å²) in [5.41, 5.74) is 6.59. The van der Waals surface area contributed by atoms with Gasteiger partial charge in [-0.1, -0.05) is 0 Å². The van der Waals surface area contributed by atoms with E-state index in [-0.39, 0.29) is 18.3 Å². The quantitative estimate of drug-likeness (QED) is 0.521. The Bertz CT molecular complexity index is 339. The monoisotopic (exact) mass is 195 g/mol. The average molecular weight is 195 g/mol. The van der Waals surface area contributed by atoms with E-state index in [1.165, 1.54) is 13.1 Å². The minimum atomic E-state index is -0.307. The number of anilines is 1. The molecule has 5 N–H and O–H groups in total. The van der Waals surface area contributed by atoms with Crippen LogP contribution in [0.1, 0.15) is 5.56 Å². The van der Waals surface area contributed by atoms with Crippen LogP contribution >= 0.6 is 0 Å². The number of urea groups is 1. The van der Waals surface area contributed by atoms with Gasteiger partial charge in [-0.3, -0.25) is 0 Å². The molecule has 76 valence electrons. The van der Waals surface area contributed by atoms with E-state index in [0.29, 0.717) is 11.3 Å². The summed E-state index contributed by atoms with van der Waals surface area (Å²) in [5, 5.41) is 14.3. The van der Waals surface area contributed by atoms with E-state index in [1.54, 1.807) is 12.1 Å². The van der Waals surface area contributed by atoms with E-state index in [0.717, 1.165) is 0 Å². The van der Waals surface area contributed by atoms with Gasteiger partial charge in [-0.2, -0.15) is 0 Å². The minimum Gasteiger partial charge on any atom is -0.508 e. The first kappa shape index (κ1) is 10.3. The van der Waals surface area contributed by atoms with E-state index in [4.69, 9.17) is 5.73 Å². The molecule has 0 aliphatic rings. The van der Waals surface area contributed by atoms with Crippen molar-refractivity contribution in [2.75, 3.05) is 12.4 Å². The van der Waals surface area contributed by atoms with Gasteiger partial charge < -0.3 is 21.5 Å². The second-order valence-corrected chi connectivity index (χ2v) is 2.75. The Labute approximate surface area is 81.9 Å². The predicted octanol–water partition coefficient (Wildman–Crippen LogP) is 0.602. The normalized spacial score (nSPS) is 9.57. The maximum Gasteiger partial charge on any atom is 0.318 e. The number of rotatable bonds is 2. The highest BCUT2D eigenvalue weighted by atomic mass is 16.3. The number of aromatic hydroxyl groups is 1. The fourth-order valence-corrected chi connectivity index (χ4v) is 1.02.